The number of unbranched alkanes of at least 4 members (excludes halogenated alkanes) is 5. The fourth-order valence-electron chi connectivity index (χ4n) is 3.35. The Morgan fingerprint density at radius 1 is 0.829 bits per heavy atom. The Morgan fingerprint density at radius 2 is 1.51 bits per heavy atom. The van der Waals surface area contributed by atoms with Crippen LogP contribution < -0.4 is 0 Å². The Hall–Kier alpha value is -1.46. The lowest BCUT2D eigenvalue weighted by molar-refractivity contribution is -0.255. The Bertz CT molecular complexity index is 503. The zero-order chi connectivity index (χ0) is 26.2. The van der Waals surface area contributed by atoms with Gasteiger partial charge in [-0.15, -0.1) is 0 Å². The minimum Gasteiger partial charge on any atom is -0.465 e. The third-order valence-corrected chi connectivity index (χ3v) is 5.61. The van der Waals surface area contributed by atoms with Gasteiger partial charge in [0.2, 0.25) is 0 Å². The van der Waals surface area contributed by atoms with E-state index in [9.17, 15) is 9.59 Å². The van der Waals surface area contributed by atoms with Gasteiger partial charge < -0.3 is 28.6 Å². The number of esters is 1. The van der Waals surface area contributed by atoms with Gasteiger partial charge in [-0.05, 0) is 25.9 Å². The molecule has 0 aromatic carbocycles. The van der Waals surface area contributed by atoms with Crippen molar-refractivity contribution in [3.63, 3.8) is 0 Å². The third-order valence-electron chi connectivity index (χ3n) is 5.61. The van der Waals surface area contributed by atoms with Crippen molar-refractivity contribution in [3.8, 4) is 0 Å². The summed E-state index contributed by atoms with van der Waals surface area (Å²) in [5.74, 6) is -0.952. The number of nitrogens with zero attached hydrogens (tertiary/aromatic N) is 1. The molecule has 208 valence electrons. The molecule has 0 aliphatic carbocycles. The molecule has 10 nitrogen and oxygen atoms in total. The van der Waals surface area contributed by atoms with Gasteiger partial charge in [0.25, 0.3) is 0 Å². The summed E-state index contributed by atoms with van der Waals surface area (Å²) in [4.78, 5) is 30.2. The van der Waals surface area contributed by atoms with Crippen molar-refractivity contribution >= 4 is 12.1 Å². The molecule has 0 bridgehead atoms. The van der Waals surface area contributed by atoms with E-state index in [0.29, 0.717) is 19.4 Å². The summed E-state index contributed by atoms with van der Waals surface area (Å²) in [7, 11) is 1.55. The quantitative estimate of drug-likeness (QED) is 0.0651. The van der Waals surface area contributed by atoms with Gasteiger partial charge in [0, 0.05) is 26.7 Å². The van der Waals surface area contributed by atoms with Gasteiger partial charge in [-0.3, -0.25) is 10.1 Å². The summed E-state index contributed by atoms with van der Waals surface area (Å²) in [6, 6.07) is 0. The summed E-state index contributed by atoms with van der Waals surface area (Å²) in [6.07, 6.45) is 6.99. The van der Waals surface area contributed by atoms with Gasteiger partial charge in [-0.2, -0.15) is 0 Å². The number of rotatable bonds is 24. The molecule has 0 amide bonds. The highest BCUT2D eigenvalue weighted by molar-refractivity contribution is 5.69. The number of hydrogen-bond acceptors (Lipinski definition) is 10. The molecule has 0 radical (unpaired) electrons. The number of carbonyl (C=O) groups is 2. The molecular formula is C25H49NO9. The average Bonchev–Trinajstić information content (AvgIpc) is 2.87. The second-order valence-electron chi connectivity index (χ2n) is 8.48. The van der Waals surface area contributed by atoms with E-state index in [2.05, 4.69) is 30.6 Å². The van der Waals surface area contributed by atoms with Gasteiger partial charge in [0.05, 0.1) is 32.2 Å². The van der Waals surface area contributed by atoms with Crippen LogP contribution >= 0.6 is 0 Å². The molecule has 0 saturated heterocycles. The van der Waals surface area contributed by atoms with Crippen molar-refractivity contribution in [3.05, 3.63) is 0 Å². The zero-order valence-electron chi connectivity index (χ0n) is 22.3. The minimum atomic E-state index is -0.802. The SMILES string of the molecule is CCCCCCCCOC(CCC(=O)OCC(COO)COC(=O)OCCCN(CC)CC)OC. The van der Waals surface area contributed by atoms with Crippen LogP contribution in [0.15, 0.2) is 0 Å². The molecule has 0 fully saturated rings. The predicted octanol–water partition coefficient (Wildman–Crippen LogP) is 4.65. The molecule has 0 aromatic heterocycles. The first-order valence-electron chi connectivity index (χ1n) is 13.1. The van der Waals surface area contributed by atoms with Crippen molar-refractivity contribution in [2.45, 2.75) is 84.8 Å². The third kappa shape index (κ3) is 20.4. The Labute approximate surface area is 211 Å². The number of ether oxygens (including phenoxy) is 5. The molecule has 0 aliphatic heterocycles. The second-order valence-corrected chi connectivity index (χ2v) is 8.48. The molecule has 2 atom stereocenters. The van der Waals surface area contributed by atoms with Crippen LogP contribution in [0.5, 0.6) is 0 Å². The van der Waals surface area contributed by atoms with Gasteiger partial charge in [0.1, 0.15) is 6.61 Å². The lowest BCUT2D eigenvalue weighted by atomic mass is 10.1. The molecule has 1 N–H and O–H groups in total. The normalized spacial score (nSPS) is 13.0. The second kappa shape index (κ2) is 24.2. The summed E-state index contributed by atoms with van der Waals surface area (Å²) >= 11 is 0. The molecule has 0 rings (SSSR count). The van der Waals surface area contributed by atoms with Crippen molar-refractivity contribution in [2.75, 3.05) is 59.8 Å². The van der Waals surface area contributed by atoms with Crippen LogP contribution in [0.3, 0.4) is 0 Å². The average molecular weight is 508 g/mol. The van der Waals surface area contributed by atoms with E-state index in [0.717, 1.165) is 32.5 Å². The van der Waals surface area contributed by atoms with Crippen LogP contribution in [-0.2, 0) is 33.4 Å². The Kier molecular flexibility index (Phi) is 23.2. The lowest BCUT2D eigenvalue weighted by Crippen LogP contribution is -2.27. The fourth-order valence-corrected chi connectivity index (χ4v) is 3.35. The van der Waals surface area contributed by atoms with Crippen LogP contribution in [0, 0.1) is 5.92 Å². The first-order chi connectivity index (χ1) is 17.0. The maximum Gasteiger partial charge on any atom is 0.508 e. The lowest BCUT2D eigenvalue weighted by Gasteiger charge is -2.18. The highest BCUT2D eigenvalue weighted by Crippen LogP contribution is 2.10. The number of hydrogen-bond donors (Lipinski definition) is 1. The monoisotopic (exact) mass is 507 g/mol. The molecule has 0 saturated carbocycles. The topological polar surface area (TPSA) is 113 Å². The van der Waals surface area contributed by atoms with E-state index < -0.39 is 24.3 Å². The molecular weight excluding hydrogens is 458 g/mol. The predicted molar refractivity (Wildman–Crippen MR) is 132 cm³/mol. The largest absolute Gasteiger partial charge is 0.508 e. The summed E-state index contributed by atoms with van der Waals surface area (Å²) in [5.41, 5.74) is 0. The molecule has 0 heterocycles. The number of methoxy groups -OCH3 is 1. The van der Waals surface area contributed by atoms with Gasteiger partial charge in [-0.25, -0.2) is 9.68 Å². The van der Waals surface area contributed by atoms with Crippen molar-refractivity contribution in [1.29, 1.82) is 0 Å². The summed E-state index contributed by atoms with van der Waals surface area (Å²) < 4.78 is 26.3. The Morgan fingerprint density at radius 3 is 2.17 bits per heavy atom. The van der Waals surface area contributed by atoms with Crippen molar-refractivity contribution in [2.24, 2.45) is 5.92 Å². The Balaban J connectivity index is 4.04. The van der Waals surface area contributed by atoms with Crippen LogP contribution in [0.1, 0.15) is 78.6 Å². The maximum absolute atomic E-state index is 12.1. The van der Waals surface area contributed by atoms with Crippen LogP contribution in [0.2, 0.25) is 0 Å². The first kappa shape index (κ1) is 33.5. The highest BCUT2D eigenvalue weighted by atomic mass is 17.1. The van der Waals surface area contributed by atoms with E-state index >= 15 is 0 Å². The zero-order valence-corrected chi connectivity index (χ0v) is 22.3. The van der Waals surface area contributed by atoms with Crippen molar-refractivity contribution < 1.29 is 43.4 Å². The maximum atomic E-state index is 12.1. The first-order valence-corrected chi connectivity index (χ1v) is 13.1. The molecule has 0 aliphatic rings. The van der Waals surface area contributed by atoms with E-state index in [4.69, 9.17) is 28.9 Å². The standard InChI is InChI=1S/C25H49NO9/c1-5-8-9-10-11-12-17-31-24(30-4)15-14-23(27)33-19-22(21-35-29)20-34-25(28)32-18-13-16-26(6-2)7-3/h22,24,29H,5-21H2,1-4H3. The smallest absolute Gasteiger partial charge is 0.465 e. The highest BCUT2D eigenvalue weighted by Gasteiger charge is 2.18. The molecule has 2 unspecified atom stereocenters. The summed E-state index contributed by atoms with van der Waals surface area (Å²) in [6.45, 7) is 9.61. The molecule has 35 heavy (non-hydrogen) atoms. The minimum absolute atomic E-state index is 0.0646. The van der Waals surface area contributed by atoms with Gasteiger partial charge in [-0.1, -0.05) is 52.9 Å². The molecule has 10 heteroatoms. The van der Waals surface area contributed by atoms with E-state index in [-0.39, 0.29) is 32.8 Å². The van der Waals surface area contributed by atoms with E-state index in [1.165, 1.54) is 25.7 Å². The fraction of sp³-hybridized carbons (Fsp3) is 0.920. The molecule has 0 aromatic rings. The van der Waals surface area contributed by atoms with Crippen LogP contribution in [-0.4, -0.2) is 88.4 Å². The van der Waals surface area contributed by atoms with E-state index in [1.807, 2.05) is 0 Å². The van der Waals surface area contributed by atoms with Gasteiger partial charge in [0.15, 0.2) is 6.29 Å². The summed E-state index contributed by atoms with van der Waals surface area (Å²) in [5, 5.41) is 8.76. The molecule has 0 spiro atoms. The van der Waals surface area contributed by atoms with E-state index in [1.54, 1.807) is 7.11 Å². The number of carbonyl (C=O) groups excluding carboxylic acids is 2. The van der Waals surface area contributed by atoms with Crippen LogP contribution in [0.4, 0.5) is 4.79 Å². The van der Waals surface area contributed by atoms with Crippen molar-refractivity contribution in [1.82, 2.24) is 4.90 Å². The van der Waals surface area contributed by atoms with Gasteiger partial charge >= 0.3 is 12.1 Å². The van der Waals surface area contributed by atoms with Crippen LogP contribution in [0.25, 0.3) is 0 Å².